The minimum Gasteiger partial charge on any atom is -0.394 e. The lowest BCUT2D eigenvalue weighted by Gasteiger charge is -2.24. The molecule has 1 saturated carbocycles. The average molecular weight is 265 g/mol. The minimum atomic E-state index is -0.518. The molecule has 4 heteroatoms. The van der Waals surface area contributed by atoms with E-state index in [1.807, 2.05) is 13.8 Å². The molecule has 0 aromatic heterocycles. The van der Waals surface area contributed by atoms with Gasteiger partial charge in [-0.2, -0.15) is 0 Å². The highest BCUT2D eigenvalue weighted by molar-refractivity contribution is 5.91. The first kappa shape index (κ1) is 14.0. The molecule has 3 nitrogen and oxygen atoms in total. The van der Waals surface area contributed by atoms with Crippen molar-refractivity contribution in [2.45, 2.75) is 38.1 Å². The molecule has 0 aliphatic heterocycles. The van der Waals surface area contributed by atoms with Gasteiger partial charge in [0.05, 0.1) is 18.1 Å². The van der Waals surface area contributed by atoms with E-state index in [1.54, 1.807) is 12.1 Å². The lowest BCUT2D eigenvalue weighted by atomic mass is 9.93. The highest BCUT2D eigenvalue weighted by atomic mass is 19.1. The van der Waals surface area contributed by atoms with E-state index in [0.717, 1.165) is 18.4 Å². The molecule has 2 rings (SSSR count). The van der Waals surface area contributed by atoms with E-state index in [0.29, 0.717) is 0 Å². The van der Waals surface area contributed by atoms with Crippen molar-refractivity contribution in [1.29, 1.82) is 0 Å². The second kappa shape index (κ2) is 5.29. The van der Waals surface area contributed by atoms with Gasteiger partial charge in [0.15, 0.2) is 0 Å². The maximum atomic E-state index is 12.9. The zero-order valence-electron chi connectivity index (χ0n) is 11.3. The van der Waals surface area contributed by atoms with Crippen molar-refractivity contribution in [2.24, 2.45) is 5.92 Å². The van der Waals surface area contributed by atoms with Crippen LogP contribution >= 0.6 is 0 Å². The summed E-state index contributed by atoms with van der Waals surface area (Å²) in [5.41, 5.74) is 0.336. The summed E-state index contributed by atoms with van der Waals surface area (Å²) in [4.78, 5) is 12.4. The molecule has 19 heavy (non-hydrogen) atoms. The number of hydrogen-bond acceptors (Lipinski definition) is 2. The summed E-state index contributed by atoms with van der Waals surface area (Å²) in [5, 5.41) is 12.2. The van der Waals surface area contributed by atoms with Gasteiger partial charge in [0.2, 0.25) is 5.91 Å². The summed E-state index contributed by atoms with van der Waals surface area (Å²) in [6.07, 6.45) is 1.56. The van der Waals surface area contributed by atoms with Gasteiger partial charge in [-0.1, -0.05) is 26.0 Å². The van der Waals surface area contributed by atoms with Gasteiger partial charge in [0.25, 0.3) is 0 Å². The number of rotatable bonds is 5. The number of carbonyl (C=O) groups is 1. The molecule has 0 heterocycles. The third-order valence-electron chi connectivity index (χ3n) is 3.90. The fraction of sp³-hybridized carbons (Fsp3) is 0.533. The van der Waals surface area contributed by atoms with Crippen molar-refractivity contribution < 1.29 is 14.3 Å². The van der Waals surface area contributed by atoms with E-state index in [4.69, 9.17) is 0 Å². The number of aliphatic hydroxyl groups is 1. The van der Waals surface area contributed by atoms with E-state index in [2.05, 4.69) is 5.32 Å². The number of benzene rings is 1. The van der Waals surface area contributed by atoms with Gasteiger partial charge in [-0.05, 0) is 36.5 Å². The molecule has 104 valence electrons. The van der Waals surface area contributed by atoms with Gasteiger partial charge in [0, 0.05) is 0 Å². The second-order valence-electron chi connectivity index (χ2n) is 5.60. The van der Waals surface area contributed by atoms with Crippen molar-refractivity contribution in [1.82, 2.24) is 5.32 Å². The van der Waals surface area contributed by atoms with Crippen LogP contribution in [0.25, 0.3) is 0 Å². The Morgan fingerprint density at radius 3 is 2.37 bits per heavy atom. The standard InChI is InChI=1S/C15H20FNO2/c1-10(2)13(9-18)17-14(19)15(7-8-15)11-3-5-12(16)6-4-11/h3-6,10,13,18H,7-9H2,1-2H3,(H,17,19)/t13-/m1/s1. The van der Waals surface area contributed by atoms with Crippen LogP contribution in [0.4, 0.5) is 4.39 Å². The van der Waals surface area contributed by atoms with Crippen LogP contribution in [0.15, 0.2) is 24.3 Å². The molecule has 1 amide bonds. The molecule has 1 atom stereocenters. The number of aliphatic hydroxyl groups excluding tert-OH is 1. The summed E-state index contributed by atoms with van der Waals surface area (Å²) in [5.74, 6) is -0.180. The van der Waals surface area contributed by atoms with Crippen LogP contribution in [0, 0.1) is 11.7 Å². The Balaban J connectivity index is 2.12. The van der Waals surface area contributed by atoms with Crippen LogP contribution in [-0.4, -0.2) is 23.7 Å². The van der Waals surface area contributed by atoms with Crippen LogP contribution < -0.4 is 5.32 Å². The predicted molar refractivity (Wildman–Crippen MR) is 71.2 cm³/mol. The second-order valence-corrected chi connectivity index (χ2v) is 5.60. The quantitative estimate of drug-likeness (QED) is 0.855. The monoisotopic (exact) mass is 265 g/mol. The van der Waals surface area contributed by atoms with Crippen LogP contribution in [0.5, 0.6) is 0 Å². The Morgan fingerprint density at radius 1 is 1.37 bits per heavy atom. The highest BCUT2D eigenvalue weighted by Gasteiger charge is 2.51. The molecule has 1 aromatic carbocycles. The lowest BCUT2D eigenvalue weighted by Crippen LogP contribution is -2.45. The molecule has 0 unspecified atom stereocenters. The molecule has 2 N–H and O–H groups in total. The predicted octanol–water partition coefficient (Wildman–Crippen LogP) is 1.99. The average Bonchev–Trinajstić information content (AvgIpc) is 3.17. The van der Waals surface area contributed by atoms with Crippen LogP contribution in [0.2, 0.25) is 0 Å². The fourth-order valence-electron chi connectivity index (χ4n) is 2.27. The molecular weight excluding hydrogens is 245 g/mol. The maximum Gasteiger partial charge on any atom is 0.230 e. The van der Waals surface area contributed by atoms with E-state index in [1.165, 1.54) is 12.1 Å². The summed E-state index contributed by atoms with van der Waals surface area (Å²) in [6, 6.07) is 5.88. The Labute approximate surface area is 112 Å². The van der Waals surface area contributed by atoms with Gasteiger partial charge in [-0.25, -0.2) is 4.39 Å². The van der Waals surface area contributed by atoms with E-state index < -0.39 is 5.41 Å². The van der Waals surface area contributed by atoms with Crippen LogP contribution in [0.1, 0.15) is 32.3 Å². The largest absolute Gasteiger partial charge is 0.394 e. The molecular formula is C15H20FNO2. The first-order valence-electron chi connectivity index (χ1n) is 6.67. The summed E-state index contributed by atoms with van der Waals surface area (Å²) in [7, 11) is 0. The Hall–Kier alpha value is -1.42. The molecule has 0 bridgehead atoms. The normalized spacial score (nSPS) is 18.2. The summed E-state index contributed by atoms with van der Waals surface area (Å²) >= 11 is 0. The number of hydrogen-bond donors (Lipinski definition) is 2. The smallest absolute Gasteiger partial charge is 0.230 e. The number of nitrogens with one attached hydrogen (secondary N) is 1. The molecule has 1 aliphatic carbocycles. The third kappa shape index (κ3) is 2.78. The van der Waals surface area contributed by atoms with Gasteiger partial charge in [-0.15, -0.1) is 0 Å². The van der Waals surface area contributed by atoms with Gasteiger partial charge >= 0.3 is 0 Å². The highest BCUT2D eigenvalue weighted by Crippen LogP contribution is 2.48. The van der Waals surface area contributed by atoms with Crippen molar-refractivity contribution in [3.63, 3.8) is 0 Å². The van der Waals surface area contributed by atoms with Crippen molar-refractivity contribution in [2.75, 3.05) is 6.61 Å². The van der Waals surface area contributed by atoms with Crippen molar-refractivity contribution in [3.8, 4) is 0 Å². The van der Waals surface area contributed by atoms with Crippen molar-refractivity contribution >= 4 is 5.91 Å². The topological polar surface area (TPSA) is 49.3 Å². The van der Waals surface area contributed by atoms with Gasteiger partial charge in [0.1, 0.15) is 5.82 Å². The molecule has 1 aliphatic rings. The van der Waals surface area contributed by atoms with Crippen LogP contribution in [-0.2, 0) is 10.2 Å². The SMILES string of the molecule is CC(C)[C@@H](CO)NC(=O)C1(c2ccc(F)cc2)CC1. The van der Waals surface area contributed by atoms with Gasteiger partial charge in [-0.3, -0.25) is 4.79 Å². The number of halogens is 1. The summed E-state index contributed by atoms with van der Waals surface area (Å²) in [6.45, 7) is 3.85. The molecule has 1 fully saturated rings. The molecule has 0 saturated heterocycles. The maximum absolute atomic E-state index is 12.9. The summed E-state index contributed by atoms with van der Waals surface area (Å²) < 4.78 is 12.9. The Kier molecular flexibility index (Phi) is 3.90. The van der Waals surface area contributed by atoms with E-state index >= 15 is 0 Å². The van der Waals surface area contributed by atoms with Crippen LogP contribution in [0.3, 0.4) is 0 Å². The van der Waals surface area contributed by atoms with Crippen molar-refractivity contribution in [3.05, 3.63) is 35.6 Å². The fourth-order valence-corrected chi connectivity index (χ4v) is 2.27. The first-order valence-corrected chi connectivity index (χ1v) is 6.67. The Morgan fingerprint density at radius 2 is 1.95 bits per heavy atom. The minimum absolute atomic E-state index is 0.0631. The van der Waals surface area contributed by atoms with Gasteiger partial charge < -0.3 is 10.4 Å². The Bertz CT molecular complexity index is 452. The first-order chi connectivity index (χ1) is 8.99. The van der Waals surface area contributed by atoms with E-state index in [-0.39, 0.29) is 30.3 Å². The number of carbonyl (C=O) groups excluding carboxylic acids is 1. The zero-order valence-corrected chi connectivity index (χ0v) is 11.3. The zero-order chi connectivity index (χ0) is 14.0. The molecule has 0 radical (unpaired) electrons. The lowest BCUT2D eigenvalue weighted by molar-refractivity contribution is -0.125. The third-order valence-corrected chi connectivity index (χ3v) is 3.90. The van der Waals surface area contributed by atoms with E-state index in [9.17, 15) is 14.3 Å². The molecule has 1 aromatic rings. The molecule has 0 spiro atoms. The number of amides is 1.